The Morgan fingerprint density at radius 2 is 2.11 bits per heavy atom. The van der Waals surface area contributed by atoms with Crippen molar-refractivity contribution in [3.63, 3.8) is 0 Å². The van der Waals surface area contributed by atoms with Gasteiger partial charge in [-0.05, 0) is 38.0 Å². The number of likely N-dealkylation sites (N-methyl/N-ethyl adjacent to an activating group) is 1. The summed E-state index contributed by atoms with van der Waals surface area (Å²) in [7, 11) is 4.11. The van der Waals surface area contributed by atoms with E-state index in [1.54, 1.807) is 0 Å². The van der Waals surface area contributed by atoms with E-state index in [1.165, 1.54) is 11.3 Å². The molecule has 1 saturated heterocycles. The Hall–Kier alpha value is -1.77. The Bertz CT molecular complexity index is 744. The molecule has 2 unspecified atom stereocenters. The largest absolute Gasteiger partial charge is 0.370 e. The minimum absolute atomic E-state index is 0. The van der Waals surface area contributed by atoms with Crippen LogP contribution in [0.25, 0.3) is 0 Å². The number of aliphatic imine (C=N–C) groups is 1. The van der Waals surface area contributed by atoms with E-state index in [0.29, 0.717) is 12.0 Å². The molecule has 0 aliphatic carbocycles. The fraction of sp³-hybridized carbons (Fsp3) is 0.524. The molecular weight excluding hydrogens is 463 g/mol. The molecule has 154 valence electrons. The number of anilines is 1. The number of guanidine groups is 1. The topological polar surface area (TPSA) is 48.7 Å². The predicted molar refractivity (Wildman–Crippen MR) is 128 cm³/mol. The monoisotopic (exact) mass is 496 g/mol. The minimum atomic E-state index is 0. The maximum absolute atomic E-state index is 4.94. The average molecular weight is 496 g/mol. The van der Waals surface area contributed by atoms with Gasteiger partial charge in [-0.25, -0.2) is 0 Å². The third-order valence-corrected chi connectivity index (χ3v) is 5.35. The molecule has 0 radical (unpaired) electrons. The van der Waals surface area contributed by atoms with Gasteiger partial charge >= 0.3 is 0 Å². The summed E-state index contributed by atoms with van der Waals surface area (Å²) in [5.41, 5.74) is 2.55. The summed E-state index contributed by atoms with van der Waals surface area (Å²) in [6.45, 7) is 8.04. The summed E-state index contributed by atoms with van der Waals surface area (Å²) in [6.07, 6.45) is 5.28. The molecule has 0 saturated carbocycles. The molecule has 0 spiro atoms. The predicted octanol–water partition coefficient (Wildman–Crippen LogP) is 3.32. The lowest BCUT2D eigenvalue weighted by molar-refractivity contribution is 0.484. The van der Waals surface area contributed by atoms with Crippen LogP contribution in [0.3, 0.4) is 0 Å². The Balaban J connectivity index is 0.00000280. The second kappa shape index (κ2) is 10.7. The highest BCUT2D eigenvalue weighted by molar-refractivity contribution is 14.0. The van der Waals surface area contributed by atoms with Gasteiger partial charge in [0.25, 0.3) is 0 Å². The van der Waals surface area contributed by atoms with Crippen LogP contribution in [-0.2, 0) is 7.05 Å². The van der Waals surface area contributed by atoms with Crippen molar-refractivity contribution < 1.29 is 0 Å². The number of aromatic nitrogens is 2. The molecule has 1 aliphatic heterocycles. The SMILES string of the molecule is CCNC(=NCC(C)N(C)c1ccccc1)N1CCC(c2cnn(C)c2)C1.I. The van der Waals surface area contributed by atoms with Crippen LogP contribution in [0.1, 0.15) is 31.7 Å². The quantitative estimate of drug-likeness (QED) is 0.379. The van der Waals surface area contributed by atoms with Gasteiger partial charge in [0.05, 0.1) is 12.7 Å². The highest BCUT2D eigenvalue weighted by Gasteiger charge is 2.27. The smallest absolute Gasteiger partial charge is 0.194 e. The molecule has 0 bridgehead atoms. The van der Waals surface area contributed by atoms with Crippen molar-refractivity contribution in [2.24, 2.45) is 12.0 Å². The average Bonchev–Trinajstić information content (AvgIpc) is 3.34. The van der Waals surface area contributed by atoms with Crippen molar-refractivity contribution in [3.05, 3.63) is 48.3 Å². The van der Waals surface area contributed by atoms with E-state index in [1.807, 2.05) is 17.9 Å². The summed E-state index contributed by atoms with van der Waals surface area (Å²) in [6, 6.07) is 10.8. The van der Waals surface area contributed by atoms with Crippen LogP contribution in [0.5, 0.6) is 0 Å². The zero-order chi connectivity index (χ0) is 19.2. The van der Waals surface area contributed by atoms with E-state index in [9.17, 15) is 0 Å². The van der Waals surface area contributed by atoms with Crippen LogP contribution < -0.4 is 10.2 Å². The molecule has 2 aromatic rings. The summed E-state index contributed by atoms with van der Waals surface area (Å²) in [5, 5.41) is 7.79. The molecule has 2 atom stereocenters. The van der Waals surface area contributed by atoms with Gasteiger partial charge in [-0.15, -0.1) is 24.0 Å². The number of hydrogen-bond donors (Lipinski definition) is 1. The Morgan fingerprint density at radius 1 is 1.36 bits per heavy atom. The Labute approximate surface area is 186 Å². The highest BCUT2D eigenvalue weighted by Crippen LogP contribution is 2.26. The second-order valence-electron chi connectivity index (χ2n) is 7.37. The standard InChI is InChI=1S/C21H32N6.HI/c1-5-22-21(23-13-17(2)26(4)20-9-7-6-8-10-20)27-12-11-18(16-27)19-14-24-25(3)15-19;/h6-10,14-15,17-18H,5,11-13,16H2,1-4H3,(H,22,23);1H. The van der Waals surface area contributed by atoms with Gasteiger partial charge in [0.15, 0.2) is 5.96 Å². The van der Waals surface area contributed by atoms with Gasteiger partial charge in [-0.1, -0.05) is 18.2 Å². The molecule has 6 nitrogen and oxygen atoms in total. The summed E-state index contributed by atoms with van der Waals surface area (Å²) in [5.74, 6) is 1.56. The van der Waals surface area contributed by atoms with Crippen LogP contribution in [0.2, 0.25) is 0 Å². The lowest BCUT2D eigenvalue weighted by Crippen LogP contribution is -2.41. The molecule has 7 heteroatoms. The number of halogens is 1. The maximum atomic E-state index is 4.94. The minimum Gasteiger partial charge on any atom is -0.370 e. The number of nitrogens with one attached hydrogen (secondary N) is 1. The molecule has 1 N–H and O–H groups in total. The van der Waals surface area contributed by atoms with Crippen LogP contribution >= 0.6 is 24.0 Å². The van der Waals surface area contributed by atoms with E-state index in [0.717, 1.165) is 38.6 Å². The van der Waals surface area contributed by atoms with Gasteiger partial charge in [0.1, 0.15) is 0 Å². The van der Waals surface area contributed by atoms with Crippen molar-refractivity contribution >= 4 is 35.6 Å². The Morgan fingerprint density at radius 3 is 2.75 bits per heavy atom. The molecule has 1 aromatic carbocycles. The summed E-state index contributed by atoms with van der Waals surface area (Å²) in [4.78, 5) is 9.62. The second-order valence-corrected chi connectivity index (χ2v) is 7.37. The van der Waals surface area contributed by atoms with Crippen molar-refractivity contribution in [2.45, 2.75) is 32.2 Å². The van der Waals surface area contributed by atoms with Crippen molar-refractivity contribution in [1.82, 2.24) is 20.0 Å². The van der Waals surface area contributed by atoms with E-state index >= 15 is 0 Å². The van der Waals surface area contributed by atoms with Crippen molar-refractivity contribution in [3.8, 4) is 0 Å². The highest BCUT2D eigenvalue weighted by atomic mass is 127. The zero-order valence-corrected chi connectivity index (χ0v) is 19.7. The van der Waals surface area contributed by atoms with Gasteiger partial charge in [-0.3, -0.25) is 9.67 Å². The van der Waals surface area contributed by atoms with Gasteiger partial charge < -0.3 is 15.1 Å². The molecular formula is C21H33IN6. The van der Waals surface area contributed by atoms with Crippen LogP contribution in [0, 0.1) is 0 Å². The van der Waals surface area contributed by atoms with Crippen LogP contribution in [0.15, 0.2) is 47.7 Å². The van der Waals surface area contributed by atoms with E-state index in [-0.39, 0.29) is 24.0 Å². The first-order valence-corrected chi connectivity index (χ1v) is 9.88. The van der Waals surface area contributed by atoms with E-state index < -0.39 is 0 Å². The van der Waals surface area contributed by atoms with E-state index in [2.05, 4.69) is 77.6 Å². The summed E-state index contributed by atoms with van der Waals surface area (Å²) < 4.78 is 1.89. The molecule has 2 heterocycles. The maximum Gasteiger partial charge on any atom is 0.194 e. The number of para-hydroxylation sites is 1. The number of rotatable bonds is 6. The number of nitrogens with zero attached hydrogens (tertiary/aromatic N) is 5. The molecule has 3 rings (SSSR count). The van der Waals surface area contributed by atoms with Gasteiger partial charge in [0, 0.05) is 57.6 Å². The van der Waals surface area contributed by atoms with Crippen molar-refractivity contribution in [2.75, 3.05) is 38.1 Å². The zero-order valence-electron chi connectivity index (χ0n) is 17.4. The van der Waals surface area contributed by atoms with E-state index in [4.69, 9.17) is 4.99 Å². The normalized spacial score (nSPS) is 17.9. The lowest BCUT2D eigenvalue weighted by atomic mass is 10.0. The summed E-state index contributed by atoms with van der Waals surface area (Å²) >= 11 is 0. The third-order valence-electron chi connectivity index (χ3n) is 5.35. The molecule has 1 aliphatic rings. The third kappa shape index (κ3) is 5.62. The van der Waals surface area contributed by atoms with Crippen LogP contribution in [0.4, 0.5) is 5.69 Å². The molecule has 1 fully saturated rings. The number of likely N-dealkylation sites (tertiary alicyclic amines) is 1. The molecule has 1 aromatic heterocycles. The van der Waals surface area contributed by atoms with Crippen molar-refractivity contribution in [1.29, 1.82) is 0 Å². The lowest BCUT2D eigenvalue weighted by Gasteiger charge is -2.27. The van der Waals surface area contributed by atoms with Gasteiger partial charge in [0.2, 0.25) is 0 Å². The fourth-order valence-electron chi connectivity index (χ4n) is 3.56. The van der Waals surface area contributed by atoms with Crippen LogP contribution in [-0.4, -0.2) is 59.9 Å². The molecule has 0 amide bonds. The Kier molecular flexibility index (Phi) is 8.59. The fourth-order valence-corrected chi connectivity index (χ4v) is 3.56. The first kappa shape index (κ1) is 22.5. The first-order valence-electron chi connectivity index (χ1n) is 9.88. The first-order chi connectivity index (χ1) is 13.1. The number of hydrogen-bond acceptors (Lipinski definition) is 3. The molecule has 28 heavy (non-hydrogen) atoms. The number of benzene rings is 1. The van der Waals surface area contributed by atoms with Gasteiger partial charge in [-0.2, -0.15) is 5.10 Å². The number of aryl methyl sites for hydroxylation is 1.